The van der Waals surface area contributed by atoms with Gasteiger partial charge in [-0.2, -0.15) is 13.2 Å². The molecule has 3 nitrogen and oxygen atoms in total. The van der Waals surface area contributed by atoms with Crippen LogP contribution >= 0.6 is 0 Å². The minimum absolute atomic E-state index is 0.0233. The Morgan fingerprint density at radius 3 is 2.45 bits per heavy atom. The number of hydrogen-bond acceptors (Lipinski definition) is 2. The highest BCUT2D eigenvalue weighted by Crippen LogP contribution is 2.30. The molecular weight excluding hydrogens is 300 g/mol. The zero-order valence-electron chi connectivity index (χ0n) is 11.2. The summed E-state index contributed by atoms with van der Waals surface area (Å²) in [5, 5.41) is 4.89. The van der Waals surface area contributed by atoms with Gasteiger partial charge in [-0.25, -0.2) is 4.39 Å². The summed E-state index contributed by atoms with van der Waals surface area (Å²) in [5.74, 6) is -1.10. The first kappa shape index (κ1) is 15.8. The van der Waals surface area contributed by atoms with Crippen molar-refractivity contribution in [2.24, 2.45) is 0 Å². The summed E-state index contributed by atoms with van der Waals surface area (Å²) >= 11 is 0. The van der Waals surface area contributed by atoms with Gasteiger partial charge >= 0.3 is 6.18 Å². The SMILES string of the molecule is O=C(CNc1ccccc1F)Nc1cccc(C(F)(F)F)c1. The Labute approximate surface area is 124 Å². The Morgan fingerprint density at radius 1 is 1.05 bits per heavy atom. The molecule has 2 aromatic carbocycles. The fourth-order valence-electron chi connectivity index (χ4n) is 1.76. The average Bonchev–Trinajstić information content (AvgIpc) is 2.46. The molecule has 0 spiro atoms. The number of hydrogen-bond donors (Lipinski definition) is 2. The van der Waals surface area contributed by atoms with Gasteiger partial charge in [-0.3, -0.25) is 4.79 Å². The molecule has 2 rings (SSSR count). The Kier molecular flexibility index (Phi) is 4.65. The highest BCUT2D eigenvalue weighted by molar-refractivity contribution is 5.93. The second-order valence-electron chi connectivity index (χ2n) is 4.46. The summed E-state index contributed by atoms with van der Waals surface area (Å²) in [6.07, 6.45) is -4.48. The molecule has 0 aromatic heterocycles. The molecule has 7 heteroatoms. The molecule has 2 aromatic rings. The minimum atomic E-state index is -4.48. The normalized spacial score (nSPS) is 11.1. The number of rotatable bonds is 4. The van der Waals surface area contributed by atoms with Crippen molar-refractivity contribution in [3.8, 4) is 0 Å². The summed E-state index contributed by atoms with van der Waals surface area (Å²) in [6.45, 7) is -0.267. The van der Waals surface area contributed by atoms with E-state index in [4.69, 9.17) is 0 Å². The molecule has 2 N–H and O–H groups in total. The molecule has 0 unspecified atom stereocenters. The van der Waals surface area contributed by atoms with Crippen LogP contribution in [0, 0.1) is 5.82 Å². The van der Waals surface area contributed by atoms with E-state index in [1.165, 1.54) is 30.3 Å². The standard InChI is InChI=1S/C15H12F4N2O/c16-12-6-1-2-7-13(12)20-9-14(22)21-11-5-3-4-10(8-11)15(17,18)19/h1-8,20H,9H2,(H,21,22). The van der Waals surface area contributed by atoms with Crippen LogP contribution in [0.4, 0.5) is 28.9 Å². The summed E-state index contributed by atoms with van der Waals surface area (Å²) in [4.78, 5) is 11.7. The predicted octanol–water partition coefficient (Wildman–Crippen LogP) is 3.90. The first-order valence-corrected chi connectivity index (χ1v) is 6.32. The number of halogens is 4. The Morgan fingerprint density at radius 2 is 1.77 bits per heavy atom. The Balaban J connectivity index is 1.97. The topological polar surface area (TPSA) is 41.1 Å². The van der Waals surface area contributed by atoms with Crippen molar-refractivity contribution >= 4 is 17.3 Å². The molecule has 0 heterocycles. The van der Waals surface area contributed by atoms with Gasteiger partial charge < -0.3 is 10.6 Å². The first-order chi connectivity index (χ1) is 10.4. The van der Waals surface area contributed by atoms with Crippen molar-refractivity contribution in [2.45, 2.75) is 6.18 Å². The molecule has 0 atom stereocenters. The molecule has 0 bridgehead atoms. The van der Waals surface area contributed by atoms with Crippen molar-refractivity contribution in [3.05, 3.63) is 59.9 Å². The van der Waals surface area contributed by atoms with Gasteiger partial charge in [-0.15, -0.1) is 0 Å². The second kappa shape index (κ2) is 6.46. The molecule has 116 valence electrons. The number of para-hydroxylation sites is 1. The Bertz CT molecular complexity index is 671. The maximum Gasteiger partial charge on any atom is 0.416 e. The van der Waals surface area contributed by atoms with Crippen LogP contribution in [0.5, 0.6) is 0 Å². The summed E-state index contributed by atoms with van der Waals surface area (Å²) in [5.41, 5.74) is -0.691. The van der Waals surface area contributed by atoms with E-state index >= 15 is 0 Å². The second-order valence-corrected chi connectivity index (χ2v) is 4.46. The summed E-state index contributed by atoms with van der Waals surface area (Å²) < 4.78 is 51.0. The van der Waals surface area contributed by atoms with Crippen molar-refractivity contribution < 1.29 is 22.4 Å². The summed E-state index contributed by atoms with van der Waals surface area (Å²) in [7, 11) is 0. The van der Waals surface area contributed by atoms with Crippen LogP contribution in [0.15, 0.2) is 48.5 Å². The third-order valence-electron chi connectivity index (χ3n) is 2.79. The third-order valence-corrected chi connectivity index (χ3v) is 2.79. The lowest BCUT2D eigenvalue weighted by molar-refractivity contribution is -0.137. The lowest BCUT2D eigenvalue weighted by atomic mass is 10.2. The lowest BCUT2D eigenvalue weighted by Crippen LogP contribution is -2.22. The number of alkyl halides is 3. The average molecular weight is 312 g/mol. The van der Waals surface area contributed by atoms with Crippen LogP contribution in [0.3, 0.4) is 0 Å². The van der Waals surface area contributed by atoms with Gasteiger partial charge in [0.05, 0.1) is 17.8 Å². The van der Waals surface area contributed by atoms with E-state index in [2.05, 4.69) is 10.6 Å². The zero-order valence-corrected chi connectivity index (χ0v) is 11.2. The number of carbonyl (C=O) groups is 1. The number of nitrogens with one attached hydrogen (secondary N) is 2. The van der Waals surface area contributed by atoms with E-state index in [1.807, 2.05) is 0 Å². The van der Waals surface area contributed by atoms with E-state index in [0.29, 0.717) is 0 Å². The molecule has 0 aliphatic heterocycles. The quantitative estimate of drug-likeness (QED) is 0.841. The van der Waals surface area contributed by atoms with Gasteiger partial charge in [-0.05, 0) is 30.3 Å². The molecule has 0 fully saturated rings. The fourth-order valence-corrected chi connectivity index (χ4v) is 1.76. The number of amides is 1. The molecule has 0 aliphatic carbocycles. The number of carbonyl (C=O) groups excluding carboxylic acids is 1. The molecular formula is C15H12F4N2O. The van der Waals surface area contributed by atoms with Crippen molar-refractivity contribution in [1.29, 1.82) is 0 Å². The zero-order chi connectivity index (χ0) is 16.2. The van der Waals surface area contributed by atoms with Crippen LogP contribution in [-0.2, 0) is 11.0 Å². The minimum Gasteiger partial charge on any atom is -0.374 e. The molecule has 0 radical (unpaired) electrons. The molecule has 0 saturated heterocycles. The largest absolute Gasteiger partial charge is 0.416 e. The van der Waals surface area contributed by atoms with Gasteiger partial charge in [0.25, 0.3) is 0 Å². The maximum atomic E-state index is 13.3. The molecule has 1 amide bonds. The van der Waals surface area contributed by atoms with Gasteiger partial charge in [-0.1, -0.05) is 18.2 Å². The van der Waals surface area contributed by atoms with Gasteiger partial charge in [0, 0.05) is 5.69 Å². The van der Waals surface area contributed by atoms with E-state index in [1.54, 1.807) is 6.07 Å². The smallest absolute Gasteiger partial charge is 0.374 e. The van der Waals surface area contributed by atoms with Crippen molar-refractivity contribution in [2.75, 3.05) is 17.2 Å². The van der Waals surface area contributed by atoms with Crippen LogP contribution in [0.1, 0.15) is 5.56 Å². The van der Waals surface area contributed by atoms with Crippen LogP contribution < -0.4 is 10.6 Å². The monoisotopic (exact) mass is 312 g/mol. The van der Waals surface area contributed by atoms with E-state index < -0.39 is 23.5 Å². The predicted molar refractivity (Wildman–Crippen MR) is 75.0 cm³/mol. The van der Waals surface area contributed by atoms with Gasteiger partial charge in [0.2, 0.25) is 5.91 Å². The van der Waals surface area contributed by atoms with Crippen LogP contribution in [-0.4, -0.2) is 12.5 Å². The van der Waals surface area contributed by atoms with Gasteiger partial charge in [0.15, 0.2) is 0 Å². The summed E-state index contributed by atoms with van der Waals surface area (Å²) in [6, 6.07) is 10.1. The van der Waals surface area contributed by atoms with E-state index in [9.17, 15) is 22.4 Å². The highest BCUT2D eigenvalue weighted by Gasteiger charge is 2.30. The maximum absolute atomic E-state index is 13.3. The lowest BCUT2D eigenvalue weighted by Gasteiger charge is -2.11. The third kappa shape index (κ3) is 4.21. The molecule has 0 saturated carbocycles. The fraction of sp³-hybridized carbons (Fsp3) is 0.133. The van der Waals surface area contributed by atoms with Crippen molar-refractivity contribution in [3.63, 3.8) is 0 Å². The van der Waals surface area contributed by atoms with Crippen LogP contribution in [0.2, 0.25) is 0 Å². The van der Waals surface area contributed by atoms with Gasteiger partial charge in [0.1, 0.15) is 5.82 Å². The first-order valence-electron chi connectivity index (χ1n) is 6.32. The van der Waals surface area contributed by atoms with Crippen molar-refractivity contribution in [1.82, 2.24) is 0 Å². The Hall–Kier alpha value is -2.57. The van der Waals surface area contributed by atoms with Crippen LogP contribution in [0.25, 0.3) is 0 Å². The van der Waals surface area contributed by atoms with E-state index in [0.717, 1.165) is 12.1 Å². The van der Waals surface area contributed by atoms with E-state index in [-0.39, 0.29) is 17.9 Å². The highest BCUT2D eigenvalue weighted by atomic mass is 19.4. The number of anilines is 2. The molecule has 0 aliphatic rings. The number of benzene rings is 2. The molecule has 22 heavy (non-hydrogen) atoms.